The van der Waals surface area contributed by atoms with E-state index >= 15 is 0 Å². The largest absolute Gasteiger partial charge is 0.496 e. The smallest absolute Gasteiger partial charge is 0.272 e. The lowest BCUT2D eigenvalue weighted by Gasteiger charge is -2.21. The standard InChI is InChI=1S/C16H19N3O3/c1-22-15-7-3-2-6-12(15)13-9-14(18-17-13)16(21)19-8-4-5-11(19)10-20/h2-3,6-7,9,11,20H,4-5,8,10H2,1H3,(H,17,18)/t11-/m1/s1. The fourth-order valence-electron chi connectivity index (χ4n) is 2.87. The summed E-state index contributed by atoms with van der Waals surface area (Å²) in [7, 11) is 1.60. The van der Waals surface area contributed by atoms with E-state index in [2.05, 4.69) is 10.2 Å². The summed E-state index contributed by atoms with van der Waals surface area (Å²) in [6.07, 6.45) is 1.76. The van der Waals surface area contributed by atoms with Crippen molar-refractivity contribution >= 4 is 5.91 Å². The number of amides is 1. The van der Waals surface area contributed by atoms with Crippen LogP contribution in [0.25, 0.3) is 11.3 Å². The molecule has 6 nitrogen and oxygen atoms in total. The number of likely N-dealkylation sites (tertiary alicyclic amines) is 1. The molecule has 1 aromatic heterocycles. The number of hydrogen-bond donors (Lipinski definition) is 2. The van der Waals surface area contributed by atoms with E-state index in [9.17, 15) is 9.90 Å². The van der Waals surface area contributed by atoms with Crippen LogP contribution in [-0.4, -0.2) is 52.4 Å². The molecule has 2 aromatic rings. The van der Waals surface area contributed by atoms with Crippen LogP contribution < -0.4 is 4.74 Å². The molecule has 1 saturated heterocycles. The van der Waals surface area contributed by atoms with Crippen LogP contribution in [0.3, 0.4) is 0 Å². The third-order valence-corrected chi connectivity index (χ3v) is 4.04. The molecule has 3 rings (SSSR count). The van der Waals surface area contributed by atoms with Crippen molar-refractivity contribution in [3.63, 3.8) is 0 Å². The zero-order chi connectivity index (χ0) is 15.5. The number of aromatic nitrogens is 2. The summed E-state index contributed by atoms with van der Waals surface area (Å²) >= 11 is 0. The van der Waals surface area contributed by atoms with E-state index in [1.54, 1.807) is 18.1 Å². The normalized spacial score (nSPS) is 17.7. The monoisotopic (exact) mass is 301 g/mol. The summed E-state index contributed by atoms with van der Waals surface area (Å²) in [6.45, 7) is 0.673. The topological polar surface area (TPSA) is 78.5 Å². The molecule has 1 amide bonds. The van der Waals surface area contributed by atoms with Crippen LogP contribution in [0.15, 0.2) is 30.3 Å². The number of hydrogen-bond acceptors (Lipinski definition) is 4. The van der Waals surface area contributed by atoms with E-state index in [1.807, 2.05) is 24.3 Å². The highest BCUT2D eigenvalue weighted by atomic mass is 16.5. The quantitative estimate of drug-likeness (QED) is 0.900. The Morgan fingerprint density at radius 1 is 1.50 bits per heavy atom. The third kappa shape index (κ3) is 2.57. The highest BCUT2D eigenvalue weighted by Gasteiger charge is 2.29. The first kappa shape index (κ1) is 14.6. The third-order valence-electron chi connectivity index (χ3n) is 4.04. The van der Waals surface area contributed by atoms with Crippen molar-refractivity contribution in [3.8, 4) is 17.0 Å². The van der Waals surface area contributed by atoms with Gasteiger partial charge in [0.2, 0.25) is 0 Å². The van der Waals surface area contributed by atoms with Crippen molar-refractivity contribution < 1.29 is 14.6 Å². The van der Waals surface area contributed by atoms with Gasteiger partial charge in [0.15, 0.2) is 0 Å². The number of ether oxygens (including phenoxy) is 1. The van der Waals surface area contributed by atoms with Crippen molar-refractivity contribution in [2.24, 2.45) is 0 Å². The predicted molar refractivity (Wildman–Crippen MR) is 81.7 cm³/mol. The molecule has 1 atom stereocenters. The van der Waals surface area contributed by atoms with Crippen molar-refractivity contribution in [1.29, 1.82) is 0 Å². The van der Waals surface area contributed by atoms with Crippen LogP contribution in [0, 0.1) is 0 Å². The van der Waals surface area contributed by atoms with Gasteiger partial charge in [0, 0.05) is 12.1 Å². The van der Waals surface area contributed by atoms with E-state index in [0.29, 0.717) is 23.7 Å². The van der Waals surface area contributed by atoms with E-state index < -0.39 is 0 Å². The van der Waals surface area contributed by atoms with Gasteiger partial charge in [-0.3, -0.25) is 9.89 Å². The average Bonchev–Trinajstić information content (AvgIpc) is 3.23. The molecule has 1 aromatic carbocycles. The molecule has 1 aliphatic heterocycles. The average molecular weight is 301 g/mol. The van der Waals surface area contributed by atoms with Gasteiger partial charge in [-0.1, -0.05) is 12.1 Å². The maximum Gasteiger partial charge on any atom is 0.272 e. The molecule has 1 fully saturated rings. The number of rotatable bonds is 4. The Morgan fingerprint density at radius 3 is 3.09 bits per heavy atom. The molecular weight excluding hydrogens is 282 g/mol. The second-order valence-corrected chi connectivity index (χ2v) is 5.34. The Bertz CT molecular complexity index is 668. The van der Waals surface area contributed by atoms with Crippen LogP contribution in [0.5, 0.6) is 5.75 Å². The SMILES string of the molecule is COc1ccccc1-c1cc(C(=O)N2CCC[C@@H]2CO)[nH]n1. The molecule has 0 radical (unpaired) electrons. The van der Waals surface area contributed by atoms with Crippen molar-refractivity contribution in [2.45, 2.75) is 18.9 Å². The van der Waals surface area contributed by atoms with Crippen molar-refractivity contribution in [2.75, 3.05) is 20.3 Å². The Labute approximate surface area is 128 Å². The number of carbonyl (C=O) groups is 1. The second kappa shape index (κ2) is 6.19. The minimum atomic E-state index is -0.120. The number of aliphatic hydroxyl groups excluding tert-OH is 1. The first-order valence-corrected chi connectivity index (χ1v) is 7.35. The highest BCUT2D eigenvalue weighted by molar-refractivity contribution is 5.94. The number of nitrogens with zero attached hydrogens (tertiary/aromatic N) is 2. The molecule has 0 bridgehead atoms. The summed E-state index contributed by atoms with van der Waals surface area (Å²) < 4.78 is 5.32. The molecule has 22 heavy (non-hydrogen) atoms. The van der Waals surface area contributed by atoms with Gasteiger partial charge in [-0.05, 0) is 31.0 Å². The molecule has 2 heterocycles. The summed E-state index contributed by atoms with van der Waals surface area (Å²) in [5.74, 6) is 0.590. The Balaban J connectivity index is 1.86. The predicted octanol–water partition coefficient (Wildman–Crippen LogP) is 1.68. The van der Waals surface area contributed by atoms with Crippen LogP contribution in [0.2, 0.25) is 0 Å². The number of benzene rings is 1. The van der Waals surface area contributed by atoms with Gasteiger partial charge in [-0.15, -0.1) is 0 Å². The lowest BCUT2D eigenvalue weighted by Crippen LogP contribution is -2.37. The van der Waals surface area contributed by atoms with Crippen molar-refractivity contribution in [3.05, 3.63) is 36.0 Å². The van der Waals surface area contributed by atoms with Crippen LogP contribution in [0.1, 0.15) is 23.3 Å². The summed E-state index contributed by atoms with van der Waals surface area (Å²) in [4.78, 5) is 14.2. The van der Waals surface area contributed by atoms with Gasteiger partial charge in [-0.2, -0.15) is 5.10 Å². The Kier molecular flexibility index (Phi) is 4.11. The van der Waals surface area contributed by atoms with Gasteiger partial charge >= 0.3 is 0 Å². The lowest BCUT2D eigenvalue weighted by molar-refractivity contribution is 0.0671. The van der Waals surface area contributed by atoms with Gasteiger partial charge in [0.1, 0.15) is 11.4 Å². The second-order valence-electron chi connectivity index (χ2n) is 5.34. The zero-order valence-electron chi connectivity index (χ0n) is 12.5. The number of H-pyrrole nitrogens is 1. The highest BCUT2D eigenvalue weighted by Crippen LogP contribution is 2.29. The van der Waals surface area contributed by atoms with E-state index in [1.165, 1.54) is 0 Å². The molecule has 0 aliphatic carbocycles. The first-order valence-electron chi connectivity index (χ1n) is 7.35. The molecule has 0 spiro atoms. The van der Waals surface area contributed by atoms with E-state index in [4.69, 9.17) is 4.74 Å². The molecule has 0 saturated carbocycles. The van der Waals surface area contributed by atoms with Crippen LogP contribution >= 0.6 is 0 Å². The van der Waals surface area contributed by atoms with Gasteiger partial charge in [0.05, 0.1) is 25.5 Å². The lowest BCUT2D eigenvalue weighted by atomic mass is 10.1. The molecule has 6 heteroatoms. The minimum absolute atomic E-state index is 0.000752. The van der Waals surface area contributed by atoms with E-state index in [-0.39, 0.29) is 18.6 Å². The number of aromatic amines is 1. The molecule has 1 aliphatic rings. The maximum absolute atomic E-state index is 12.5. The van der Waals surface area contributed by atoms with Crippen LogP contribution in [-0.2, 0) is 0 Å². The Hall–Kier alpha value is -2.34. The van der Waals surface area contributed by atoms with Crippen LogP contribution in [0.4, 0.5) is 0 Å². The van der Waals surface area contributed by atoms with Gasteiger partial charge < -0.3 is 14.7 Å². The number of aliphatic hydroxyl groups is 1. The molecule has 0 unspecified atom stereocenters. The van der Waals surface area contributed by atoms with Crippen molar-refractivity contribution in [1.82, 2.24) is 15.1 Å². The first-order chi connectivity index (χ1) is 10.7. The Morgan fingerprint density at radius 2 is 2.32 bits per heavy atom. The van der Waals surface area contributed by atoms with Gasteiger partial charge in [-0.25, -0.2) is 0 Å². The fraction of sp³-hybridized carbons (Fsp3) is 0.375. The summed E-state index contributed by atoms with van der Waals surface area (Å²) in [5.41, 5.74) is 1.93. The van der Waals surface area contributed by atoms with E-state index in [0.717, 1.165) is 18.4 Å². The number of para-hydroxylation sites is 1. The summed E-state index contributed by atoms with van der Waals surface area (Å²) in [6, 6.07) is 9.18. The minimum Gasteiger partial charge on any atom is -0.496 e. The zero-order valence-corrected chi connectivity index (χ0v) is 12.5. The van der Waals surface area contributed by atoms with Gasteiger partial charge in [0.25, 0.3) is 5.91 Å². The molecule has 2 N–H and O–H groups in total. The number of carbonyl (C=O) groups excluding carboxylic acids is 1. The fourth-order valence-corrected chi connectivity index (χ4v) is 2.87. The summed E-state index contributed by atoms with van der Waals surface area (Å²) in [5, 5.41) is 16.4. The number of methoxy groups -OCH3 is 1. The molecule has 116 valence electrons. The molecular formula is C16H19N3O3. The maximum atomic E-state index is 12.5. The number of nitrogens with one attached hydrogen (secondary N) is 1.